The average Bonchev–Trinajstić information content (AvgIpc) is 2.75. The van der Waals surface area contributed by atoms with Crippen LogP contribution in [0.3, 0.4) is 0 Å². The molecule has 2 aromatic rings. The second kappa shape index (κ2) is 6.84. The molecule has 1 heterocycles. The number of benzene rings is 2. The van der Waals surface area contributed by atoms with E-state index in [1.165, 1.54) is 11.1 Å². The lowest BCUT2D eigenvalue weighted by molar-refractivity contribution is -0.115. The van der Waals surface area contributed by atoms with Crippen LogP contribution in [0.2, 0.25) is 0 Å². The van der Waals surface area contributed by atoms with Gasteiger partial charge in [0, 0.05) is 31.0 Å². The maximum atomic E-state index is 12.5. The van der Waals surface area contributed by atoms with Crippen molar-refractivity contribution in [1.82, 2.24) is 5.32 Å². The fourth-order valence-electron chi connectivity index (χ4n) is 2.94. The third kappa shape index (κ3) is 3.54. The minimum absolute atomic E-state index is 0.0235. The van der Waals surface area contributed by atoms with E-state index >= 15 is 0 Å². The monoisotopic (exact) mass is 309 g/mol. The predicted molar refractivity (Wildman–Crippen MR) is 94.9 cm³/mol. The molecule has 1 aliphatic heterocycles. The van der Waals surface area contributed by atoms with Crippen molar-refractivity contribution in [2.75, 3.05) is 29.9 Å². The lowest BCUT2D eigenvalue weighted by atomic mass is 10.1. The highest BCUT2D eigenvalue weighted by Gasteiger charge is 2.17. The van der Waals surface area contributed by atoms with Crippen molar-refractivity contribution in [2.45, 2.75) is 20.4 Å². The Kier molecular flexibility index (Phi) is 4.63. The van der Waals surface area contributed by atoms with Gasteiger partial charge in [-0.2, -0.15) is 0 Å². The summed E-state index contributed by atoms with van der Waals surface area (Å²) in [5.41, 5.74) is 5.60. The standard InChI is InChI=1S/C19H23N3O/c1-14-6-5-8-17(15(14)2)21-19(23)13-22-11-10-20-12-16-7-3-4-9-18(16)22/h3-9,20H,10-13H2,1-2H3,(H,21,23). The van der Waals surface area contributed by atoms with Crippen LogP contribution in [0.1, 0.15) is 16.7 Å². The van der Waals surface area contributed by atoms with Gasteiger partial charge in [0.25, 0.3) is 0 Å². The van der Waals surface area contributed by atoms with Gasteiger partial charge in [-0.15, -0.1) is 0 Å². The van der Waals surface area contributed by atoms with E-state index in [-0.39, 0.29) is 5.91 Å². The molecule has 0 atom stereocenters. The molecule has 4 heteroatoms. The molecule has 4 nitrogen and oxygen atoms in total. The van der Waals surface area contributed by atoms with Gasteiger partial charge in [0.15, 0.2) is 0 Å². The van der Waals surface area contributed by atoms with E-state index < -0.39 is 0 Å². The number of carbonyl (C=O) groups excluding carboxylic acids is 1. The maximum Gasteiger partial charge on any atom is 0.243 e. The van der Waals surface area contributed by atoms with Gasteiger partial charge in [0.2, 0.25) is 5.91 Å². The van der Waals surface area contributed by atoms with Crippen LogP contribution < -0.4 is 15.5 Å². The van der Waals surface area contributed by atoms with Gasteiger partial charge in [-0.25, -0.2) is 0 Å². The maximum absolute atomic E-state index is 12.5. The van der Waals surface area contributed by atoms with E-state index in [1.54, 1.807) is 0 Å². The Morgan fingerprint density at radius 3 is 2.87 bits per heavy atom. The van der Waals surface area contributed by atoms with E-state index in [4.69, 9.17) is 0 Å². The molecule has 1 aliphatic rings. The second-order valence-corrected chi connectivity index (χ2v) is 6.02. The molecule has 0 fully saturated rings. The van der Waals surface area contributed by atoms with Crippen molar-refractivity contribution in [2.24, 2.45) is 0 Å². The molecule has 0 aliphatic carbocycles. The number of nitrogens with one attached hydrogen (secondary N) is 2. The minimum Gasteiger partial charge on any atom is -0.361 e. The van der Waals surface area contributed by atoms with Gasteiger partial charge < -0.3 is 15.5 Å². The summed E-state index contributed by atoms with van der Waals surface area (Å²) in [5, 5.41) is 6.45. The van der Waals surface area contributed by atoms with Crippen LogP contribution in [-0.2, 0) is 11.3 Å². The smallest absolute Gasteiger partial charge is 0.243 e. The molecule has 0 radical (unpaired) electrons. The molecule has 1 amide bonds. The van der Waals surface area contributed by atoms with E-state index in [0.29, 0.717) is 6.54 Å². The summed E-state index contributed by atoms with van der Waals surface area (Å²) >= 11 is 0. The number of rotatable bonds is 3. The van der Waals surface area contributed by atoms with Gasteiger partial charge >= 0.3 is 0 Å². The third-order valence-corrected chi connectivity index (χ3v) is 4.42. The summed E-state index contributed by atoms with van der Waals surface area (Å²) in [4.78, 5) is 14.6. The second-order valence-electron chi connectivity index (χ2n) is 6.02. The number of hydrogen-bond acceptors (Lipinski definition) is 3. The van der Waals surface area contributed by atoms with Crippen molar-refractivity contribution >= 4 is 17.3 Å². The molecule has 3 rings (SSSR count). The van der Waals surface area contributed by atoms with E-state index in [0.717, 1.165) is 36.6 Å². The van der Waals surface area contributed by atoms with Crippen LogP contribution in [0.5, 0.6) is 0 Å². The van der Waals surface area contributed by atoms with Crippen LogP contribution in [0.4, 0.5) is 11.4 Å². The van der Waals surface area contributed by atoms with E-state index in [2.05, 4.69) is 40.7 Å². The number of anilines is 2. The Bertz CT molecular complexity index is 712. The highest BCUT2D eigenvalue weighted by molar-refractivity contribution is 5.95. The van der Waals surface area contributed by atoms with Crippen LogP contribution in [0.15, 0.2) is 42.5 Å². The van der Waals surface area contributed by atoms with Crippen LogP contribution in [0.25, 0.3) is 0 Å². The lowest BCUT2D eigenvalue weighted by Crippen LogP contribution is -2.36. The summed E-state index contributed by atoms with van der Waals surface area (Å²) in [7, 11) is 0. The number of amides is 1. The van der Waals surface area contributed by atoms with E-state index in [9.17, 15) is 4.79 Å². The van der Waals surface area contributed by atoms with Gasteiger partial charge in [-0.1, -0.05) is 30.3 Å². The molecular formula is C19H23N3O. The molecule has 0 saturated heterocycles. The first-order chi connectivity index (χ1) is 11.1. The lowest BCUT2D eigenvalue weighted by Gasteiger charge is -2.24. The van der Waals surface area contributed by atoms with Gasteiger partial charge in [-0.3, -0.25) is 4.79 Å². The highest BCUT2D eigenvalue weighted by atomic mass is 16.2. The van der Waals surface area contributed by atoms with Gasteiger partial charge in [0.05, 0.1) is 6.54 Å². The number of hydrogen-bond donors (Lipinski definition) is 2. The number of carbonyl (C=O) groups is 1. The van der Waals surface area contributed by atoms with Crippen molar-refractivity contribution in [1.29, 1.82) is 0 Å². The molecule has 0 unspecified atom stereocenters. The topological polar surface area (TPSA) is 44.4 Å². The Labute approximate surface area is 137 Å². The summed E-state index contributed by atoms with van der Waals surface area (Å²) < 4.78 is 0. The third-order valence-electron chi connectivity index (χ3n) is 4.42. The fraction of sp³-hybridized carbons (Fsp3) is 0.316. The molecule has 0 bridgehead atoms. The number of nitrogens with zero attached hydrogens (tertiary/aromatic N) is 1. The number of aryl methyl sites for hydroxylation is 1. The zero-order chi connectivity index (χ0) is 16.2. The number of fused-ring (bicyclic) bond motifs is 1. The first-order valence-corrected chi connectivity index (χ1v) is 8.05. The van der Waals surface area contributed by atoms with E-state index in [1.807, 2.05) is 31.2 Å². The molecule has 120 valence electrons. The first-order valence-electron chi connectivity index (χ1n) is 8.05. The average molecular weight is 309 g/mol. The molecular weight excluding hydrogens is 286 g/mol. The van der Waals surface area contributed by atoms with Crippen molar-refractivity contribution in [3.63, 3.8) is 0 Å². The summed E-state index contributed by atoms with van der Waals surface area (Å²) in [6.07, 6.45) is 0. The van der Waals surface area contributed by atoms with Gasteiger partial charge in [-0.05, 0) is 42.7 Å². The first kappa shape index (κ1) is 15.6. The molecule has 2 N–H and O–H groups in total. The Morgan fingerprint density at radius 1 is 1.17 bits per heavy atom. The minimum atomic E-state index is 0.0235. The Morgan fingerprint density at radius 2 is 2.00 bits per heavy atom. The van der Waals surface area contributed by atoms with Gasteiger partial charge in [0.1, 0.15) is 0 Å². The quantitative estimate of drug-likeness (QED) is 0.916. The van der Waals surface area contributed by atoms with Crippen molar-refractivity contribution < 1.29 is 4.79 Å². The van der Waals surface area contributed by atoms with Crippen LogP contribution in [0, 0.1) is 13.8 Å². The summed E-state index contributed by atoms with van der Waals surface area (Å²) in [5.74, 6) is 0.0235. The molecule has 23 heavy (non-hydrogen) atoms. The molecule has 0 aromatic heterocycles. The molecule has 0 saturated carbocycles. The normalized spacial score (nSPS) is 14.1. The van der Waals surface area contributed by atoms with Crippen LogP contribution >= 0.6 is 0 Å². The number of para-hydroxylation sites is 1. The van der Waals surface area contributed by atoms with Crippen molar-refractivity contribution in [3.8, 4) is 0 Å². The fourth-order valence-corrected chi connectivity index (χ4v) is 2.94. The Hall–Kier alpha value is -2.33. The summed E-state index contributed by atoms with van der Waals surface area (Å²) in [6, 6.07) is 14.3. The molecule has 2 aromatic carbocycles. The highest BCUT2D eigenvalue weighted by Crippen LogP contribution is 2.22. The van der Waals surface area contributed by atoms with Crippen LogP contribution in [-0.4, -0.2) is 25.5 Å². The van der Waals surface area contributed by atoms with Crippen molar-refractivity contribution in [3.05, 3.63) is 59.2 Å². The zero-order valence-electron chi connectivity index (χ0n) is 13.7. The molecule has 0 spiro atoms. The summed E-state index contributed by atoms with van der Waals surface area (Å²) in [6.45, 7) is 7.03. The Balaban J connectivity index is 1.74. The zero-order valence-corrected chi connectivity index (χ0v) is 13.7. The largest absolute Gasteiger partial charge is 0.361 e. The SMILES string of the molecule is Cc1cccc(NC(=O)CN2CCNCc3ccccc32)c1C. The predicted octanol–water partition coefficient (Wildman–Crippen LogP) is 2.85.